The lowest BCUT2D eigenvalue weighted by Crippen LogP contribution is -2.27. The molecule has 3 heteroatoms. The third-order valence-electron chi connectivity index (χ3n) is 2.32. The molecule has 1 aromatic carbocycles. The summed E-state index contributed by atoms with van der Waals surface area (Å²) in [5.74, 6) is 0.895. The van der Waals surface area contributed by atoms with Gasteiger partial charge in [-0.25, -0.2) is 0 Å². The van der Waals surface area contributed by atoms with E-state index in [4.69, 9.17) is 16.3 Å². The molecule has 1 rings (SSSR count). The van der Waals surface area contributed by atoms with Crippen LogP contribution >= 0.6 is 11.6 Å². The van der Waals surface area contributed by atoms with Gasteiger partial charge in [-0.05, 0) is 30.2 Å². The molecule has 0 bridgehead atoms. The highest BCUT2D eigenvalue weighted by Gasteiger charge is 2.01. The highest BCUT2D eigenvalue weighted by molar-refractivity contribution is 6.31. The summed E-state index contributed by atoms with van der Waals surface area (Å²) in [4.78, 5) is 0. The Morgan fingerprint density at radius 1 is 1.38 bits per heavy atom. The Bertz CT molecular complexity index is 326. The monoisotopic (exact) mass is 241 g/mol. The molecule has 90 valence electrons. The standard InChI is InChI=1S/C13H20ClNO/c1-4-11-9-12(5-6-13(11)14)16-8-7-15-10(2)3/h5-6,9-10,15H,4,7-8H2,1-3H3. The lowest BCUT2D eigenvalue weighted by Gasteiger charge is -2.11. The van der Waals surface area contributed by atoms with Crippen molar-refractivity contribution in [1.82, 2.24) is 5.32 Å². The van der Waals surface area contributed by atoms with Crippen molar-refractivity contribution in [1.29, 1.82) is 0 Å². The number of hydrogen-bond donors (Lipinski definition) is 1. The van der Waals surface area contributed by atoms with Crippen LogP contribution in [0.4, 0.5) is 0 Å². The Morgan fingerprint density at radius 2 is 2.12 bits per heavy atom. The molecular weight excluding hydrogens is 222 g/mol. The third kappa shape index (κ3) is 4.42. The van der Waals surface area contributed by atoms with Crippen LogP contribution in [0.25, 0.3) is 0 Å². The average Bonchev–Trinajstić information content (AvgIpc) is 2.26. The number of rotatable bonds is 6. The summed E-state index contributed by atoms with van der Waals surface area (Å²) in [6.07, 6.45) is 0.931. The summed E-state index contributed by atoms with van der Waals surface area (Å²) >= 11 is 6.03. The van der Waals surface area contributed by atoms with Gasteiger partial charge in [0, 0.05) is 17.6 Å². The lowest BCUT2D eigenvalue weighted by atomic mass is 10.1. The predicted molar refractivity (Wildman–Crippen MR) is 69.5 cm³/mol. The van der Waals surface area contributed by atoms with Gasteiger partial charge in [0.2, 0.25) is 0 Å². The predicted octanol–water partition coefficient (Wildman–Crippen LogP) is 3.28. The van der Waals surface area contributed by atoms with E-state index in [0.29, 0.717) is 12.6 Å². The molecule has 0 saturated carbocycles. The number of benzene rings is 1. The minimum absolute atomic E-state index is 0.500. The zero-order valence-corrected chi connectivity index (χ0v) is 11.0. The molecule has 0 aromatic heterocycles. The fraction of sp³-hybridized carbons (Fsp3) is 0.538. The molecular formula is C13H20ClNO. The van der Waals surface area contributed by atoms with E-state index < -0.39 is 0 Å². The number of ether oxygens (including phenoxy) is 1. The molecule has 16 heavy (non-hydrogen) atoms. The summed E-state index contributed by atoms with van der Waals surface area (Å²) in [6, 6.07) is 6.32. The minimum atomic E-state index is 0.500. The molecule has 0 unspecified atom stereocenters. The minimum Gasteiger partial charge on any atom is -0.492 e. The van der Waals surface area contributed by atoms with Crippen LogP contribution in [0.15, 0.2) is 18.2 Å². The van der Waals surface area contributed by atoms with E-state index >= 15 is 0 Å². The first-order valence-corrected chi connectivity index (χ1v) is 6.16. The fourth-order valence-electron chi connectivity index (χ4n) is 1.43. The van der Waals surface area contributed by atoms with Gasteiger partial charge in [-0.1, -0.05) is 32.4 Å². The van der Waals surface area contributed by atoms with Crippen molar-refractivity contribution in [2.24, 2.45) is 0 Å². The molecule has 0 saturated heterocycles. The first-order valence-electron chi connectivity index (χ1n) is 5.78. The average molecular weight is 242 g/mol. The van der Waals surface area contributed by atoms with Crippen LogP contribution in [-0.4, -0.2) is 19.2 Å². The van der Waals surface area contributed by atoms with Crippen LogP contribution in [-0.2, 0) is 6.42 Å². The van der Waals surface area contributed by atoms with E-state index in [0.717, 1.165) is 29.3 Å². The first-order chi connectivity index (χ1) is 7.63. The van der Waals surface area contributed by atoms with Crippen molar-refractivity contribution in [2.45, 2.75) is 33.2 Å². The molecule has 1 aromatic rings. The van der Waals surface area contributed by atoms with Crippen LogP contribution in [0, 0.1) is 0 Å². The lowest BCUT2D eigenvalue weighted by molar-refractivity contribution is 0.308. The first kappa shape index (κ1) is 13.3. The van der Waals surface area contributed by atoms with Gasteiger partial charge in [0.1, 0.15) is 12.4 Å². The number of halogens is 1. The van der Waals surface area contributed by atoms with Crippen molar-refractivity contribution < 1.29 is 4.74 Å². The maximum Gasteiger partial charge on any atom is 0.119 e. The molecule has 0 aliphatic rings. The van der Waals surface area contributed by atoms with E-state index in [2.05, 4.69) is 26.1 Å². The van der Waals surface area contributed by atoms with Crippen molar-refractivity contribution in [2.75, 3.05) is 13.2 Å². The van der Waals surface area contributed by atoms with E-state index in [1.165, 1.54) is 0 Å². The topological polar surface area (TPSA) is 21.3 Å². The van der Waals surface area contributed by atoms with Gasteiger partial charge < -0.3 is 10.1 Å². The van der Waals surface area contributed by atoms with Gasteiger partial charge in [0.25, 0.3) is 0 Å². The second kappa shape index (κ2) is 6.77. The molecule has 0 atom stereocenters. The molecule has 0 fully saturated rings. The second-order valence-electron chi connectivity index (χ2n) is 4.06. The van der Waals surface area contributed by atoms with Gasteiger partial charge in [-0.3, -0.25) is 0 Å². The Morgan fingerprint density at radius 3 is 2.75 bits per heavy atom. The van der Waals surface area contributed by atoms with Crippen LogP contribution < -0.4 is 10.1 Å². The molecule has 0 heterocycles. The number of hydrogen-bond acceptors (Lipinski definition) is 2. The molecule has 2 nitrogen and oxygen atoms in total. The van der Waals surface area contributed by atoms with Gasteiger partial charge >= 0.3 is 0 Å². The summed E-state index contributed by atoms with van der Waals surface area (Å²) < 4.78 is 5.63. The van der Waals surface area contributed by atoms with Crippen LogP contribution in [0.5, 0.6) is 5.75 Å². The Labute approximate surface area is 103 Å². The maximum absolute atomic E-state index is 6.03. The summed E-state index contributed by atoms with van der Waals surface area (Å²) in [6.45, 7) is 7.88. The fourth-order valence-corrected chi connectivity index (χ4v) is 1.68. The Kier molecular flexibility index (Phi) is 5.64. The third-order valence-corrected chi connectivity index (χ3v) is 2.69. The Balaban J connectivity index is 2.42. The highest BCUT2D eigenvalue weighted by Crippen LogP contribution is 2.22. The zero-order valence-electron chi connectivity index (χ0n) is 10.2. The van der Waals surface area contributed by atoms with Crippen molar-refractivity contribution in [3.8, 4) is 5.75 Å². The summed E-state index contributed by atoms with van der Waals surface area (Å²) in [5, 5.41) is 4.12. The van der Waals surface area contributed by atoms with Gasteiger partial charge in [0.05, 0.1) is 0 Å². The number of aryl methyl sites for hydroxylation is 1. The molecule has 0 aliphatic heterocycles. The SMILES string of the molecule is CCc1cc(OCCNC(C)C)ccc1Cl. The zero-order chi connectivity index (χ0) is 12.0. The van der Waals surface area contributed by atoms with Crippen LogP contribution in [0.1, 0.15) is 26.3 Å². The molecule has 0 radical (unpaired) electrons. The smallest absolute Gasteiger partial charge is 0.119 e. The maximum atomic E-state index is 6.03. The van der Waals surface area contributed by atoms with Gasteiger partial charge in [-0.15, -0.1) is 0 Å². The van der Waals surface area contributed by atoms with Crippen molar-refractivity contribution in [3.05, 3.63) is 28.8 Å². The van der Waals surface area contributed by atoms with E-state index in [1.807, 2.05) is 18.2 Å². The van der Waals surface area contributed by atoms with Crippen molar-refractivity contribution in [3.63, 3.8) is 0 Å². The van der Waals surface area contributed by atoms with E-state index in [-0.39, 0.29) is 0 Å². The quantitative estimate of drug-likeness (QED) is 0.772. The largest absolute Gasteiger partial charge is 0.492 e. The molecule has 0 spiro atoms. The van der Waals surface area contributed by atoms with Crippen LogP contribution in [0.2, 0.25) is 5.02 Å². The van der Waals surface area contributed by atoms with Gasteiger partial charge in [0.15, 0.2) is 0 Å². The molecule has 1 N–H and O–H groups in total. The van der Waals surface area contributed by atoms with Crippen LogP contribution in [0.3, 0.4) is 0 Å². The van der Waals surface area contributed by atoms with E-state index in [1.54, 1.807) is 0 Å². The molecule has 0 amide bonds. The summed E-state index contributed by atoms with van der Waals surface area (Å²) in [7, 11) is 0. The van der Waals surface area contributed by atoms with Gasteiger partial charge in [-0.2, -0.15) is 0 Å². The van der Waals surface area contributed by atoms with Crippen molar-refractivity contribution >= 4 is 11.6 Å². The van der Waals surface area contributed by atoms with E-state index in [9.17, 15) is 0 Å². The normalized spacial score (nSPS) is 10.8. The highest BCUT2D eigenvalue weighted by atomic mass is 35.5. The summed E-state index contributed by atoms with van der Waals surface area (Å²) in [5.41, 5.74) is 1.14. The second-order valence-corrected chi connectivity index (χ2v) is 4.47. The molecule has 0 aliphatic carbocycles. The number of nitrogens with one attached hydrogen (secondary N) is 1. The Hall–Kier alpha value is -0.730.